The summed E-state index contributed by atoms with van der Waals surface area (Å²) in [4.78, 5) is 93.8. The van der Waals surface area contributed by atoms with Gasteiger partial charge in [0.2, 0.25) is 5.91 Å². The van der Waals surface area contributed by atoms with Crippen LogP contribution in [0, 0.1) is 17.5 Å². The summed E-state index contributed by atoms with van der Waals surface area (Å²) in [6.45, 7) is 27.7. The van der Waals surface area contributed by atoms with Crippen LogP contribution in [0.5, 0.6) is 0 Å². The number of aromatic nitrogens is 8. The number of hydrogen-bond acceptors (Lipinski definition) is 28. The number of anilines is 7. The van der Waals surface area contributed by atoms with E-state index in [2.05, 4.69) is 84.2 Å². The van der Waals surface area contributed by atoms with Gasteiger partial charge in [-0.1, -0.05) is 54.5 Å². The van der Waals surface area contributed by atoms with Crippen molar-refractivity contribution in [3.05, 3.63) is 281 Å². The van der Waals surface area contributed by atoms with Crippen LogP contribution < -0.4 is 39.0 Å². The molecule has 10 heterocycles. The predicted molar refractivity (Wildman–Crippen MR) is 576 cm³/mol. The Morgan fingerprint density at radius 3 is 1.24 bits per heavy atom. The molecule has 1 amide bonds. The number of hydrogen-bond donors (Lipinski definition) is 7. The van der Waals surface area contributed by atoms with E-state index >= 15 is 0 Å². The maximum absolute atomic E-state index is 13.2. The molecule has 2 aliphatic rings. The molecular weight excluding hydrogens is 1930 g/mol. The summed E-state index contributed by atoms with van der Waals surface area (Å²) in [5.74, 6) is 2.39. The number of fused-ring (bicyclic) bond motifs is 2. The van der Waals surface area contributed by atoms with E-state index in [9.17, 15) is 49.2 Å². The summed E-state index contributed by atoms with van der Waals surface area (Å²) in [6, 6.07) is 54.0. The quantitative estimate of drug-likeness (QED) is 0.0125. The number of nitrogens with zero attached hydrogens (tertiary/aromatic N) is 15. The third kappa shape index (κ3) is 33.5. The molecule has 1 atom stereocenters. The highest BCUT2D eigenvalue weighted by Gasteiger charge is 2.29. The zero-order valence-corrected chi connectivity index (χ0v) is 86.4. The minimum absolute atomic E-state index is 0.110. The molecule has 8 aromatic heterocycles. The van der Waals surface area contributed by atoms with E-state index in [1.165, 1.54) is 85.1 Å². The molecular formula is C108H122BF3N16O17S2. The van der Waals surface area contributed by atoms with E-state index in [1.807, 2.05) is 192 Å². The van der Waals surface area contributed by atoms with Crippen molar-refractivity contribution in [1.29, 1.82) is 0 Å². The van der Waals surface area contributed by atoms with Gasteiger partial charge in [-0.05, 0) is 264 Å². The number of morpholine rings is 1. The number of aliphatic carboxylic acids is 3. The van der Waals surface area contributed by atoms with Gasteiger partial charge in [-0.15, -0.1) is 0 Å². The molecule has 2 aliphatic heterocycles. The van der Waals surface area contributed by atoms with Crippen LogP contribution in [0.25, 0.3) is 115 Å². The molecule has 39 heteroatoms. The lowest BCUT2D eigenvalue weighted by atomic mass is 9.91. The van der Waals surface area contributed by atoms with Gasteiger partial charge in [-0.2, -0.15) is 8.42 Å². The Balaban J connectivity index is 0.000000181. The molecule has 0 saturated carbocycles. The number of amides is 1. The van der Waals surface area contributed by atoms with Crippen molar-refractivity contribution in [2.75, 3.05) is 102 Å². The van der Waals surface area contributed by atoms with Gasteiger partial charge in [0, 0.05) is 144 Å². The molecule has 0 radical (unpaired) electrons. The van der Waals surface area contributed by atoms with Gasteiger partial charge in [0.15, 0.2) is 17.5 Å². The molecule has 15 rings (SSSR count). The van der Waals surface area contributed by atoms with Crippen LogP contribution in [-0.2, 0) is 44.1 Å². The van der Waals surface area contributed by atoms with Crippen LogP contribution in [0.3, 0.4) is 0 Å². The topological polar surface area (TPSA) is 431 Å². The van der Waals surface area contributed by atoms with Crippen LogP contribution in [0.2, 0.25) is 0 Å². The van der Waals surface area contributed by atoms with Crippen LogP contribution in [0.4, 0.5) is 53.8 Å². The molecule has 2 saturated heterocycles. The second kappa shape index (κ2) is 52.8. The molecule has 7 N–H and O–H groups in total. The van der Waals surface area contributed by atoms with E-state index in [0.717, 1.165) is 154 Å². The van der Waals surface area contributed by atoms with Crippen molar-refractivity contribution < 1.29 is 92.7 Å². The molecule has 33 nitrogen and oxygen atoms in total. The number of carbonyl (C=O) groups excluding carboxylic acids is 1. The van der Waals surface area contributed by atoms with Gasteiger partial charge in [-0.25, -0.2) is 70.6 Å². The first-order chi connectivity index (χ1) is 69.7. The van der Waals surface area contributed by atoms with Gasteiger partial charge in [0.1, 0.15) is 69.0 Å². The summed E-state index contributed by atoms with van der Waals surface area (Å²) in [5, 5.41) is 47.9. The first kappa shape index (κ1) is 113. The third-order valence-electron chi connectivity index (χ3n) is 23.3. The molecule has 147 heavy (non-hydrogen) atoms. The molecule has 772 valence electrons. The molecule has 2 fully saturated rings. The van der Waals surface area contributed by atoms with E-state index < -0.39 is 51.1 Å². The number of halogens is 3. The zero-order chi connectivity index (χ0) is 107. The fourth-order valence-electron chi connectivity index (χ4n) is 14.5. The number of sulfonamides is 1. The second-order valence-electron chi connectivity index (χ2n) is 35.6. The summed E-state index contributed by atoms with van der Waals surface area (Å²) in [7, 11) is -0.0845. The molecule has 1 unspecified atom stereocenters. The lowest BCUT2D eigenvalue weighted by Gasteiger charge is -2.33. The van der Waals surface area contributed by atoms with Crippen LogP contribution in [-0.4, -0.2) is 222 Å². The minimum atomic E-state index is -4.24. The first-order valence-corrected chi connectivity index (χ1v) is 50.2. The monoisotopic (exact) mass is 2050 g/mol. The minimum Gasteiger partial charge on any atom is -0.478 e. The standard InChI is InChI=1S/C21H20N2O3.C20H20N2O3.C19H22FN3O3S.C16H19BFN3O2.C16H18FN3O3S.C16H23N3O3/c1-14-5-4-12-23(14)21-17(10-8-16(22-21)9-11-20(24)25)19-13-15-6-2-3-7-18(15)26-19;1-13(2)22(3)20-16(10-8-15(21-20)9-11-19(23)24)18-12-14-6-4-5-7-17(14)25-18;1-13(2)23(4)19-18(15-5-7-16(20)8-6-15)10-9-17(21-19)11-12-27(25,26)22-14(3)24;1-11(2)21(3)16-15(12-4-6-13(18)7-5-12)19-10-14(20-16)8-9-17(22)23;1-11(2)20(3)16-15(12-4-6-13(17)7-5-12)18-10-14(19-16)8-9-24(21,22)23;1-12(2)18(3)16-14(19-8-10-22-11-9-19)6-4-13(17-16)5-7-15(20)21/h2-3,6-11,13-14H,4-5,12H2,1H3,(H,24,25);4-13H,1-3H3,(H,23,24);5-13H,1-4H3,(H,22,24);4-11,22-23H,1-3H3;4-11H,1-3H3,(H,21,22,23);4-7,12H,8-11H2,1-3H3,(H,20,21)/b2*11-9+;12-11+;2*9-8+;7-5+. The number of furan rings is 2. The second-order valence-corrected chi connectivity index (χ2v) is 38.4. The van der Waals surface area contributed by atoms with E-state index in [-0.39, 0.29) is 47.3 Å². The fraction of sp³-hybridized carbons (Fsp3) is 0.278. The summed E-state index contributed by atoms with van der Waals surface area (Å²) >= 11 is 0. The molecule has 0 bridgehead atoms. The Morgan fingerprint density at radius 1 is 0.449 bits per heavy atom. The number of carboxylic acid groups (broad SMARTS) is 3. The fourth-order valence-corrected chi connectivity index (χ4v) is 15.6. The van der Waals surface area contributed by atoms with Crippen molar-refractivity contribution in [3.63, 3.8) is 0 Å². The lowest BCUT2D eigenvalue weighted by Crippen LogP contribution is -2.38. The van der Waals surface area contributed by atoms with Crippen molar-refractivity contribution in [3.8, 4) is 56.3 Å². The van der Waals surface area contributed by atoms with Crippen LogP contribution in [0.1, 0.15) is 130 Å². The van der Waals surface area contributed by atoms with Gasteiger partial charge in [0.25, 0.3) is 20.1 Å². The predicted octanol–water partition coefficient (Wildman–Crippen LogP) is 19.2. The molecule has 5 aromatic carbocycles. The Bertz CT molecular complexity index is 7080. The van der Waals surface area contributed by atoms with Crippen molar-refractivity contribution in [1.82, 2.24) is 44.6 Å². The largest absolute Gasteiger partial charge is 0.480 e. The molecule has 0 aliphatic carbocycles. The molecule has 13 aromatic rings. The number of carbonyl (C=O) groups is 4. The maximum Gasteiger partial charge on any atom is 0.480 e. The lowest BCUT2D eigenvalue weighted by molar-refractivity contribution is -0.132. The SMILES string of the molecule is CC(=O)NS(=O)(=O)/C=C/c1ccc(-c2ccc(F)cc2)c(N(C)C(C)C)n1.CC(C)N(C)c1nc(/C=C/B(O)O)cnc1-c1ccc(F)cc1.CC(C)N(C)c1nc(/C=C/C(=O)O)ccc1-c1cc2ccccc2o1.CC(C)N(C)c1nc(/C=C/C(=O)O)ccc1N1CCOCC1.CC(C)N(C)c1nc(/C=C/S(=O)(=O)O)cnc1-c1ccc(F)cc1.CC1CCCN1c1nc(/C=C/C(=O)O)ccc1-c1cc2ccccc2o1. The van der Waals surface area contributed by atoms with E-state index in [0.29, 0.717) is 93.6 Å². The van der Waals surface area contributed by atoms with E-state index in [4.69, 9.17) is 48.5 Å². The Kier molecular flexibility index (Phi) is 40.7. The number of para-hydroxylation sites is 2. The van der Waals surface area contributed by atoms with Crippen molar-refractivity contribution >= 4 is 150 Å². The highest BCUT2D eigenvalue weighted by Crippen LogP contribution is 2.40. The number of carboxylic acids is 3. The van der Waals surface area contributed by atoms with Crippen molar-refractivity contribution in [2.45, 2.75) is 132 Å². The van der Waals surface area contributed by atoms with Crippen LogP contribution in [0.15, 0.2) is 238 Å². The first-order valence-electron chi connectivity index (χ1n) is 47.1. The number of pyridine rings is 4. The Morgan fingerprint density at radius 2 is 0.823 bits per heavy atom. The average molecular weight is 2050 g/mol. The van der Waals surface area contributed by atoms with Gasteiger partial charge in [0.05, 0.1) is 87.4 Å². The van der Waals surface area contributed by atoms with Gasteiger partial charge >= 0.3 is 25.0 Å². The highest BCUT2D eigenvalue weighted by molar-refractivity contribution is 7.93. The number of rotatable bonds is 30. The number of nitrogens with one attached hydrogen (secondary N) is 1. The Hall–Kier alpha value is -15.5. The summed E-state index contributed by atoms with van der Waals surface area (Å²) < 4.78 is 113. The van der Waals surface area contributed by atoms with Gasteiger partial charge in [-0.3, -0.25) is 19.3 Å². The average Bonchev–Trinajstić information content (AvgIpc) is 1.64. The van der Waals surface area contributed by atoms with E-state index in [1.54, 1.807) is 54.6 Å². The Labute approximate surface area is 854 Å². The zero-order valence-electron chi connectivity index (χ0n) is 84.7. The maximum atomic E-state index is 13.2. The summed E-state index contributed by atoms with van der Waals surface area (Å²) in [5.41, 5.74) is 11.8. The number of benzene rings is 5. The van der Waals surface area contributed by atoms with Crippen LogP contribution >= 0.6 is 0 Å². The highest BCUT2D eigenvalue weighted by atomic mass is 32.2. The van der Waals surface area contributed by atoms with Gasteiger partial charge < -0.3 is 73.2 Å². The summed E-state index contributed by atoms with van der Waals surface area (Å²) in [6.07, 6.45) is 17.0. The number of ether oxygens (including phenoxy) is 1. The molecule has 0 spiro atoms. The smallest absolute Gasteiger partial charge is 0.478 e. The third-order valence-corrected chi connectivity index (χ3v) is 24.9. The van der Waals surface area contributed by atoms with Crippen molar-refractivity contribution in [2.24, 2.45) is 0 Å². The normalized spacial score (nSPS) is 13.3.